The van der Waals surface area contributed by atoms with Gasteiger partial charge in [-0.25, -0.2) is 8.78 Å². The number of hydrogen-bond donors (Lipinski definition) is 2. The lowest BCUT2D eigenvalue weighted by Gasteiger charge is -2.11. The Balaban J connectivity index is 1.49. The number of thioether (sulfide) groups is 1. The molecule has 7 nitrogen and oxygen atoms in total. The highest BCUT2D eigenvalue weighted by atomic mass is 32.2. The van der Waals surface area contributed by atoms with Crippen LogP contribution in [0.25, 0.3) is 5.69 Å². The molecule has 3 aromatic carbocycles. The summed E-state index contributed by atoms with van der Waals surface area (Å²) in [6.07, 6.45) is 0. The van der Waals surface area contributed by atoms with Gasteiger partial charge in [-0.05, 0) is 36.4 Å². The molecule has 0 unspecified atom stereocenters. The molecular formula is C24H19F2N5O2S. The van der Waals surface area contributed by atoms with E-state index in [1.54, 1.807) is 16.7 Å². The number of rotatable bonds is 8. The van der Waals surface area contributed by atoms with Crippen LogP contribution in [0.15, 0.2) is 84.0 Å². The van der Waals surface area contributed by atoms with Crippen molar-refractivity contribution in [2.24, 2.45) is 0 Å². The zero-order chi connectivity index (χ0) is 23.9. The summed E-state index contributed by atoms with van der Waals surface area (Å²) in [5.74, 6) is -1.79. The van der Waals surface area contributed by atoms with Gasteiger partial charge in [0.05, 0.1) is 23.5 Å². The predicted octanol–water partition coefficient (Wildman–Crippen LogP) is 4.21. The monoisotopic (exact) mass is 479 g/mol. The van der Waals surface area contributed by atoms with Crippen molar-refractivity contribution in [3.05, 3.63) is 102 Å². The Morgan fingerprint density at radius 3 is 2.26 bits per heavy atom. The fourth-order valence-corrected chi connectivity index (χ4v) is 3.89. The van der Waals surface area contributed by atoms with Gasteiger partial charge in [-0.1, -0.05) is 54.2 Å². The molecule has 4 rings (SSSR count). The lowest BCUT2D eigenvalue weighted by atomic mass is 10.2. The number of amides is 2. The summed E-state index contributed by atoms with van der Waals surface area (Å²) in [5, 5.41) is 13.9. The Labute approximate surface area is 198 Å². The summed E-state index contributed by atoms with van der Waals surface area (Å²) < 4.78 is 29.4. The van der Waals surface area contributed by atoms with Gasteiger partial charge in [0.25, 0.3) is 5.91 Å². The van der Waals surface area contributed by atoms with Crippen LogP contribution in [0.3, 0.4) is 0 Å². The second kappa shape index (κ2) is 10.7. The number of benzene rings is 3. The Morgan fingerprint density at radius 2 is 1.53 bits per heavy atom. The molecule has 34 heavy (non-hydrogen) atoms. The van der Waals surface area contributed by atoms with E-state index in [0.29, 0.717) is 11.0 Å². The fraction of sp³-hybridized carbons (Fsp3) is 0.0833. The van der Waals surface area contributed by atoms with Crippen molar-refractivity contribution < 1.29 is 18.4 Å². The summed E-state index contributed by atoms with van der Waals surface area (Å²) >= 11 is 1.11. The minimum absolute atomic E-state index is 0.0168. The molecule has 0 aliphatic rings. The van der Waals surface area contributed by atoms with Gasteiger partial charge in [0, 0.05) is 5.69 Å². The maximum Gasteiger partial charge on any atom is 0.254 e. The zero-order valence-electron chi connectivity index (χ0n) is 17.7. The van der Waals surface area contributed by atoms with E-state index in [-0.39, 0.29) is 23.5 Å². The third kappa shape index (κ3) is 5.46. The van der Waals surface area contributed by atoms with E-state index in [9.17, 15) is 18.4 Å². The topological polar surface area (TPSA) is 88.9 Å². The molecule has 0 bridgehead atoms. The summed E-state index contributed by atoms with van der Waals surface area (Å²) in [7, 11) is 0. The minimum atomic E-state index is -0.623. The van der Waals surface area contributed by atoms with Gasteiger partial charge in [0.1, 0.15) is 11.6 Å². The van der Waals surface area contributed by atoms with Crippen molar-refractivity contribution in [1.82, 2.24) is 20.1 Å². The highest BCUT2D eigenvalue weighted by Crippen LogP contribution is 2.23. The van der Waals surface area contributed by atoms with Crippen molar-refractivity contribution in [2.45, 2.75) is 11.7 Å². The number of aromatic nitrogens is 3. The molecule has 2 amide bonds. The van der Waals surface area contributed by atoms with E-state index in [4.69, 9.17) is 0 Å². The summed E-state index contributed by atoms with van der Waals surface area (Å²) in [6, 6.07) is 20.7. The number of para-hydroxylation sites is 2. The lowest BCUT2D eigenvalue weighted by Crippen LogP contribution is -2.25. The molecule has 0 atom stereocenters. The molecule has 0 radical (unpaired) electrons. The first-order valence-electron chi connectivity index (χ1n) is 10.2. The molecule has 2 N–H and O–H groups in total. The second-order valence-corrected chi connectivity index (χ2v) is 7.99. The van der Waals surface area contributed by atoms with Gasteiger partial charge in [0.15, 0.2) is 11.0 Å². The molecule has 0 aliphatic heterocycles. The summed E-state index contributed by atoms with van der Waals surface area (Å²) in [5.41, 5.74) is 0.738. The van der Waals surface area contributed by atoms with Gasteiger partial charge < -0.3 is 10.6 Å². The summed E-state index contributed by atoms with van der Waals surface area (Å²) in [4.78, 5) is 24.8. The molecule has 172 valence electrons. The van der Waals surface area contributed by atoms with Crippen LogP contribution in [-0.2, 0) is 11.3 Å². The Kier molecular flexibility index (Phi) is 7.28. The average molecular weight is 480 g/mol. The van der Waals surface area contributed by atoms with Gasteiger partial charge in [-0.2, -0.15) is 0 Å². The van der Waals surface area contributed by atoms with Crippen molar-refractivity contribution >= 4 is 29.3 Å². The van der Waals surface area contributed by atoms with Gasteiger partial charge in [-0.15, -0.1) is 10.2 Å². The van der Waals surface area contributed by atoms with E-state index < -0.39 is 23.4 Å². The molecule has 0 saturated carbocycles. The second-order valence-electron chi connectivity index (χ2n) is 7.05. The van der Waals surface area contributed by atoms with Crippen molar-refractivity contribution in [3.63, 3.8) is 0 Å². The molecule has 10 heteroatoms. The first kappa shape index (κ1) is 23.1. The molecule has 0 saturated heterocycles. The van der Waals surface area contributed by atoms with Crippen LogP contribution < -0.4 is 10.6 Å². The SMILES string of the molecule is O=C(CSc1nnc(CNC(=O)c2ccccc2F)n1-c1ccccc1)Nc1ccccc1F. The van der Waals surface area contributed by atoms with Crippen molar-refractivity contribution in [2.75, 3.05) is 11.1 Å². The zero-order valence-corrected chi connectivity index (χ0v) is 18.6. The number of halogens is 2. The van der Waals surface area contributed by atoms with Crippen LogP contribution in [-0.4, -0.2) is 32.3 Å². The molecular weight excluding hydrogens is 460 g/mol. The van der Waals surface area contributed by atoms with Crippen LogP contribution in [0.5, 0.6) is 0 Å². The Morgan fingerprint density at radius 1 is 0.853 bits per heavy atom. The van der Waals surface area contributed by atoms with E-state index in [1.807, 2.05) is 30.3 Å². The number of anilines is 1. The maximum absolute atomic E-state index is 13.9. The molecule has 1 aromatic heterocycles. The molecule has 1 heterocycles. The third-order valence-corrected chi connectivity index (χ3v) is 5.65. The van der Waals surface area contributed by atoms with Crippen LogP contribution in [0.1, 0.15) is 16.2 Å². The number of carbonyl (C=O) groups excluding carboxylic acids is 2. The lowest BCUT2D eigenvalue weighted by molar-refractivity contribution is -0.113. The number of nitrogens with zero attached hydrogens (tertiary/aromatic N) is 3. The smallest absolute Gasteiger partial charge is 0.254 e. The van der Waals surface area contributed by atoms with Crippen molar-refractivity contribution in [1.29, 1.82) is 0 Å². The quantitative estimate of drug-likeness (QED) is 0.370. The van der Waals surface area contributed by atoms with E-state index in [1.165, 1.54) is 36.4 Å². The molecule has 0 aliphatic carbocycles. The number of carbonyl (C=O) groups is 2. The van der Waals surface area contributed by atoms with E-state index >= 15 is 0 Å². The van der Waals surface area contributed by atoms with Crippen LogP contribution in [0.2, 0.25) is 0 Å². The van der Waals surface area contributed by atoms with Crippen molar-refractivity contribution in [3.8, 4) is 5.69 Å². The van der Waals surface area contributed by atoms with Gasteiger partial charge >= 0.3 is 0 Å². The van der Waals surface area contributed by atoms with E-state index in [0.717, 1.165) is 17.4 Å². The van der Waals surface area contributed by atoms with Crippen LogP contribution in [0.4, 0.5) is 14.5 Å². The van der Waals surface area contributed by atoms with Gasteiger partial charge in [-0.3, -0.25) is 14.2 Å². The van der Waals surface area contributed by atoms with Crippen LogP contribution >= 0.6 is 11.8 Å². The largest absolute Gasteiger partial charge is 0.345 e. The Bertz CT molecular complexity index is 1310. The first-order chi connectivity index (χ1) is 16.5. The molecule has 4 aromatic rings. The molecule has 0 fully saturated rings. The van der Waals surface area contributed by atoms with Crippen LogP contribution in [0, 0.1) is 11.6 Å². The third-order valence-electron chi connectivity index (χ3n) is 4.72. The normalized spacial score (nSPS) is 10.6. The highest BCUT2D eigenvalue weighted by molar-refractivity contribution is 7.99. The number of nitrogens with one attached hydrogen (secondary N) is 2. The first-order valence-corrected chi connectivity index (χ1v) is 11.2. The van der Waals surface area contributed by atoms with E-state index in [2.05, 4.69) is 20.8 Å². The number of hydrogen-bond acceptors (Lipinski definition) is 5. The predicted molar refractivity (Wildman–Crippen MR) is 125 cm³/mol. The van der Waals surface area contributed by atoms with Gasteiger partial charge in [0.2, 0.25) is 5.91 Å². The Hall–Kier alpha value is -4.05. The fourth-order valence-electron chi connectivity index (χ4n) is 3.12. The minimum Gasteiger partial charge on any atom is -0.345 e. The highest BCUT2D eigenvalue weighted by Gasteiger charge is 2.18. The summed E-state index contributed by atoms with van der Waals surface area (Å²) in [6.45, 7) is -0.0168. The maximum atomic E-state index is 13.9. The molecule has 0 spiro atoms. The standard InChI is InChI=1S/C24H19F2N5O2S/c25-18-11-5-4-10-17(18)23(33)27-14-21-29-30-24(31(21)16-8-2-1-3-9-16)34-15-22(32)28-20-13-7-6-12-19(20)26/h1-13H,14-15H2,(H,27,33)(H,28,32). The average Bonchev–Trinajstić information content (AvgIpc) is 3.26.